The molecule has 1 aliphatic carbocycles. The SMILES string of the molecule is CC(C)(C)C[C@@H]1N[C@@H](C(=O)Nc2ccc(C(=O)N3CCC4(CC3)C[C@@H]4C#Cc3cccc4c3CN([C@H]3CCC(=O)NC3=O)C4=O)cc2S(C)(=O)=O)[C@H](c2cccc(Cl)c2F)[C@]12CNc1cc(C(F)(F)F)ncc12. The van der Waals surface area contributed by atoms with Crippen LogP contribution in [0, 0.1) is 34.4 Å². The maximum Gasteiger partial charge on any atom is 0.433 e. The monoisotopic (exact) mass is 1040 g/mol. The van der Waals surface area contributed by atoms with Crippen LogP contribution in [0.3, 0.4) is 0 Å². The fourth-order valence-corrected chi connectivity index (χ4v) is 13.0. The van der Waals surface area contributed by atoms with Crippen molar-refractivity contribution in [3.05, 3.63) is 117 Å². The number of imide groups is 1. The van der Waals surface area contributed by atoms with E-state index in [1.165, 1.54) is 41.3 Å². The molecule has 0 bridgehead atoms. The summed E-state index contributed by atoms with van der Waals surface area (Å²) in [7, 11) is -4.11. The summed E-state index contributed by atoms with van der Waals surface area (Å²) in [6.07, 6.45) is 0.248. The van der Waals surface area contributed by atoms with E-state index in [2.05, 4.69) is 38.1 Å². The van der Waals surface area contributed by atoms with Crippen molar-refractivity contribution in [1.29, 1.82) is 0 Å². The average Bonchev–Trinajstić information content (AvgIpc) is 3.53. The van der Waals surface area contributed by atoms with Gasteiger partial charge in [0.15, 0.2) is 9.84 Å². The normalized spacial score (nSPS) is 25.2. The quantitative estimate of drug-likeness (QED) is 0.0837. The summed E-state index contributed by atoms with van der Waals surface area (Å²) in [6, 6.07) is 11.9. The second kappa shape index (κ2) is 17.9. The first-order valence-corrected chi connectivity index (χ1v) is 26.4. The van der Waals surface area contributed by atoms with E-state index in [-0.39, 0.29) is 81.5 Å². The van der Waals surface area contributed by atoms with E-state index >= 15 is 4.39 Å². The zero-order valence-electron chi connectivity index (χ0n) is 40.3. The lowest BCUT2D eigenvalue weighted by atomic mass is 9.63. The number of amides is 5. The molecule has 4 N–H and O–H groups in total. The molecule has 5 aliphatic heterocycles. The van der Waals surface area contributed by atoms with E-state index in [9.17, 15) is 45.6 Å². The van der Waals surface area contributed by atoms with Crippen molar-refractivity contribution in [2.24, 2.45) is 16.7 Å². The molecule has 3 saturated heterocycles. The largest absolute Gasteiger partial charge is 0.433 e. The van der Waals surface area contributed by atoms with Gasteiger partial charge in [-0.3, -0.25) is 34.3 Å². The molecule has 20 heteroatoms. The Bertz CT molecular complexity index is 3220. The zero-order chi connectivity index (χ0) is 52.2. The van der Waals surface area contributed by atoms with Crippen molar-refractivity contribution in [3.8, 4) is 11.8 Å². The molecule has 6 atom stereocenters. The maximum atomic E-state index is 16.4. The number of aromatic nitrogens is 1. The summed E-state index contributed by atoms with van der Waals surface area (Å²) in [4.78, 5) is 73.2. The smallest absolute Gasteiger partial charge is 0.384 e. The van der Waals surface area contributed by atoms with Gasteiger partial charge in [0.05, 0.1) is 21.6 Å². The van der Waals surface area contributed by atoms with E-state index < -0.39 is 80.1 Å². The molecule has 1 saturated carbocycles. The maximum absolute atomic E-state index is 16.4. The topological polar surface area (TPSA) is 187 Å². The van der Waals surface area contributed by atoms with Crippen molar-refractivity contribution in [2.75, 3.05) is 36.5 Å². The zero-order valence-corrected chi connectivity index (χ0v) is 41.9. The van der Waals surface area contributed by atoms with Gasteiger partial charge in [0.2, 0.25) is 17.7 Å². The summed E-state index contributed by atoms with van der Waals surface area (Å²) < 4.78 is 85.1. The van der Waals surface area contributed by atoms with Crippen LogP contribution in [0.5, 0.6) is 0 Å². The number of anilines is 2. The summed E-state index contributed by atoms with van der Waals surface area (Å²) in [6.45, 7) is 6.88. The molecule has 5 amide bonds. The van der Waals surface area contributed by atoms with Crippen molar-refractivity contribution in [3.63, 3.8) is 0 Å². The van der Waals surface area contributed by atoms with Gasteiger partial charge in [-0.1, -0.05) is 62.4 Å². The van der Waals surface area contributed by atoms with Crippen molar-refractivity contribution >= 4 is 62.3 Å². The third-order valence-electron chi connectivity index (χ3n) is 15.7. The van der Waals surface area contributed by atoms with Gasteiger partial charge >= 0.3 is 6.18 Å². The van der Waals surface area contributed by atoms with E-state index in [0.29, 0.717) is 49.0 Å². The highest BCUT2D eigenvalue weighted by Gasteiger charge is 2.62. The number of halogens is 5. The van der Waals surface area contributed by atoms with Gasteiger partial charge in [-0.25, -0.2) is 12.8 Å². The molecule has 0 radical (unpaired) electrons. The van der Waals surface area contributed by atoms with Crippen molar-refractivity contribution in [2.45, 2.75) is 106 Å². The van der Waals surface area contributed by atoms with Crippen LogP contribution in [0.1, 0.15) is 114 Å². The molecule has 3 aromatic carbocycles. The molecular weight excluding hydrogens is 990 g/mol. The predicted molar refractivity (Wildman–Crippen MR) is 262 cm³/mol. The first-order chi connectivity index (χ1) is 34.4. The Morgan fingerprint density at radius 3 is 2.45 bits per heavy atom. The number of piperidine rings is 2. The summed E-state index contributed by atoms with van der Waals surface area (Å²) in [5, 5.41) is 11.4. The van der Waals surface area contributed by atoms with Gasteiger partial charge in [0.1, 0.15) is 17.6 Å². The van der Waals surface area contributed by atoms with Crippen molar-refractivity contribution < 1.29 is 50.0 Å². The third kappa shape index (κ3) is 9.02. The molecule has 14 nitrogen and oxygen atoms in total. The Morgan fingerprint density at radius 1 is 1.01 bits per heavy atom. The second-order valence-electron chi connectivity index (χ2n) is 21.5. The minimum absolute atomic E-state index is 0.00363. The number of pyridine rings is 1. The Hall–Kier alpha value is -6.36. The number of fused-ring (bicyclic) bond motifs is 3. The Morgan fingerprint density at radius 2 is 1.75 bits per heavy atom. The van der Waals surface area contributed by atoms with Gasteiger partial charge < -0.3 is 25.8 Å². The van der Waals surface area contributed by atoms with Crippen LogP contribution in [-0.4, -0.2) is 96.8 Å². The minimum atomic E-state index is -4.75. The number of carbonyl (C=O) groups is 5. The van der Waals surface area contributed by atoms with Gasteiger partial charge in [-0.2, -0.15) is 13.2 Å². The Balaban J connectivity index is 0.867. The lowest BCUT2D eigenvalue weighted by molar-refractivity contribution is -0.141. The molecule has 0 unspecified atom stereocenters. The van der Waals surface area contributed by atoms with Crippen LogP contribution >= 0.6 is 11.6 Å². The number of hydrogen-bond acceptors (Lipinski definition) is 10. The molecule has 382 valence electrons. The predicted octanol–water partition coefficient (Wildman–Crippen LogP) is 7.21. The number of alkyl halides is 3. The molecule has 1 aromatic heterocycles. The number of nitrogens with zero attached hydrogens (tertiary/aromatic N) is 3. The summed E-state index contributed by atoms with van der Waals surface area (Å²) >= 11 is 6.35. The lowest BCUT2D eigenvalue weighted by Crippen LogP contribution is -2.52. The number of likely N-dealkylation sites (tertiary alicyclic amines) is 1. The molecule has 4 fully saturated rings. The van der Waals surface area contributed by atoms with Crippen LogP contribution in [0.15, 0.2) is 71.8 Å². The van der Waals surface area contributed by atoms with E-state index in [1.807, 2.05) is 26.8 Å². The first-order valence-electron chi connectivity index (χ1n) is 24.1. The molecule has 4 aromatic rings. The number of sulfone groups is 1. The number of carbonyl (C=O) groups excluding carboxylic acids is 5. The van der Waals surface area contributed by atoms with Crippen LogP contribution in [0.4, 0.5) is 28.9 Å². The van der Waals surface area contributed by atoms with Gasteiger partial charge in [-0.05, 0) is 96.5 Å². The number of hydrogen-bond donors (Lipinski definition) is 4. The minimum Gasteiger partial charge on any atom is -0.384 e. The highest BCUT2D eigenvalue weighted by atomic mass is 35.5. The number of rotatable bonds is 7. The van der Waals surface area contributed by atoms with Gasteiger partial charge in [0, 0.05) is 96.3 Å². The highest BCUT2D eigenvalue weighted by Crippen LogP contribution is 2.60. The molecule has 10 rings (SSSR count). The Labute approximate surface area is 424 Å². The van der Waals surface area contributed by atoms with Crippen LogP contribution in [0.25, 0.3) is 0 Å². The van der Waals surface area contributed by atoms with Crippen LogP contribution < -0.4 is 21.3 Å². The van der Waals surface area contributed by atoms with Crippen LogP contribution in [-0.2, 0) is 42.4 Å². The van der Waals surface area contributed by atoms with Gasteiger partial charge in [0.25, 0.3) is 11.8 Å². The average molecular weight is 1040 g/mol. The highest BCUT2D eigenvalue weighted by molar-refractivity contribution is 7.90. The fourth-order valence-electron chi connectivity index (χ4n) is 11.9. The van der Waals surface area contributed by atoms with Crippen LogP contribution in [0.2, 0.25) is 5.02 Å². The first kappa shape index (κ1) is 50.2. The van der Waals surface area contributed by atoms with E-state index in [4.69, 9.17) is 11.6 Å². The fraction of sp³-hybridized carbons (Fsp3) is 0.434. The van der Waals surface area contributed by atoms with Crippen molar-refractivity contribution in [1.82, 2.24) is 25.4 Å². The number of benzene rings is 3. The molecule has 2 spiro atoms. The molecular formula is C53H52ClF4N7O7S. The van der Waals surface area contributed by atoms with Gasteiger partial charge in [-0.15, -0.1) is 0 Å². The van der Waals surface area contributed by atoms with E-state index in [1.54, 1.807) is 17.0 Å². The summed E-state index contributed by atoms with van der Waals surface area (Å²) in [5.74, 6) is 2.55. The summed E-state index contributed by atoms with van der Waals surface area (Å²) in [5.41, 5.74) is -0.515. The van der Waals surface area contributed by atoms with E-state index in [0.717, 1.165) is 30.5 Å². The second-order valence-corrected chi connectivity index (χ2v) is 23.9. The standard InChI is InChI=1S/C53H52ClF4N7O7S/c1-50(2,3)24-41-52(27-60-37-22-40(53(56,57)58)59-25-34(37)52)43(32-9-6-10-35(54)44(32)55)45(62-41)47(68)61-36-14-12-29(21-39(36)73(4,71)72)48(69)64-19-17-51(18-20-64)23-30(51)13-11-28-7-5-8-31-33(28)26-65(49(31)70)38-15-16-42(66)63-46(38)67/h5-10,12,14,21-22,25,30,38,41,43,45,60,62H,15-20,23-24,26-27H2,1-4H3,(H,61,68)(H,63,66,67)/t30-,38-,41-,43-,45+,52-/m0/s1. The number of nitrogens with one attached hydrogen (secondary N) is 4. The molecule has 6 aliphatic rings. The third-order valence-corrected chi connectivity index (χ3v) is 17.1. The molecule has 73 heavy (non-hydrogen) atoms. The Kier molecular flexibility index (Phi) is 12.3. The molecule has 6 heterocycles. The lowest BCUT2D eigenvalue weighted by Gasteiger charge is -2.39.